The minimum atomic E-state index is 0.775. The van der Waals surface area contributed by atoms with Gasteiger partial charge >= 0.3 is 0 Å². The quantitative estimate of drug-likeness (QED) is 0.239. The Kier molecular flexibility index (Phi) is 3.70. The maximum Gasteiger partial charge on any atom is 0.181 e. The van der Waals surface area contributed by atoms with Crippen LogP contribution in [0.5, 0.6) is 0 Å². The van der Waals surface area contributed by atoms with E-state index in [-0.39, 0.29) is 0 Å². The van der Waals surface area contributed by atoms with Gasteiger partial charge in [0.05, 0.1) is 0 Å². The monoisotopic (exact) mass is 492 g/mol. The molecule has 4 aromatic heterocycles. The van der Waals surface area contributed by atoms with Gasteiger partial charge in [-0.2, -0.15) is 0 Å². The van der Waals surface area contributed by atoms with Crippen LogP contribution < -0.4 is 0 Å². The number of aromatic nitrogens is 2. The average molecular weight is 492 g/mol. The third-order valence-electron chi connectivity index (χ3n) is 7.39. The summed E-state index contributed by atoms with van der Waals surface area (Å²) in [5.41, 5.74) is 10.8. The Bertz CT molecular complexity index is 2200. The fraction of sp³-hybridized carbons (Fsp3) is 0. The van der Waals surface area contributed by atoms with Gasteiger partial charge in [-0.3, -0.25) is 0 Å². The maximum atomic E-state index is 6.35. The summed E-state index contributed by atoms with van der Waals surface area (Å²) in [5, 5.41) is 4.16. The van der Waals surface area contributed by atoms with Gasteiger partial charge in [-0.1, -0.05) is 24.3 Å². The minimum absolute atomic E-state index is 0.775. The smallest absolute Gasteiger partial charge is 0.181 e. The van der Waals surface area contributed by atoms with Crippen LogP contribution in [-0.4, -0.2) is 9.97 Å². The van der Waals surface area contributed by atoms with Crippen molar-refractivity contribution < 1.29 is 17.7 Å². The van der Waals surface area contributed by atoms with Crippen LogP contribution in [0, 0.1) is 0 Å². The molecule has 0 saturated heterocycles. The van der Waals surface area contributed by atoms with Gasteiger partial charge in [0.25, 0.3) is 0 Å². The second-order valence-corrected chi connectivity index (χ2v) is 9.54. The van der Waals surface area contributed by atoms with Gasteiger partial charge in [0.1, 0.15) is 33.4 Å². The maximum absolute atomic E-state index is 6.35. The van der Waals surface area contributed by atoms with Crippen molar-refractivity contribution in [1.29, 1.82) is 0 Å². The van der Waals surface area contributed by atoms with Gasteiger partial charge in [0, 0.05) is 21.5 Å². The largest absolute Gasteiger partial charge is 0.456 e. The van der Waals surface area contributed by atoms with E-state index >= 15 is 0 Å². The summed E-state index contributed by atoms with van der Waals surface area (Å²) in [6, 6.07) is 28.8. The summed E-state index contributed by atoms with van der Waals surface area (Å²) in [6.07, 6.45) is 2.93. The number of hydrogen-bond acceptors (Lipinski definition) is 6. The van der Waals surface area contributed by atoms with E-state index < -0.39 is 0 Å². The zero-order valence-corrected chi connectivity index (χ0v) is 19.8. The van der Waals surface area contributed by atoms with Crippen LogP contribution in [0.3, 0.4) is 0 Å². The van der Waals surface area contributed by atoms with E-state index in [1.807, 2.05) is 36.4 Å². The van der Waals surface area contributed by atoms with E-state index in [1.165, 1.54) is 12.8 Å². The first-order valence-electron chi connectivity index (χ1n) is 12.3. The summed E-state index contributed by atoms with van der Waals surface area (Å²) in [4.78, 5) is 8.55. The first-order chi connectivity index (χ1) is 18.8. The third kappa shape index (κ3) is 2.77. The van der Waals surface area contributed by atoms with Crippen LogP contribution in [0.15, 0.2) is 115 Å². The molecular weight excluding hydrogens is 476 g/mol. The fourth-order valence-corrected chi connectivity index (χ4v) is 5.48. The Morgan fingerprint density at radius 2 is 0.789 bits per heavy atom. The molecule has 6 nitrogen and oxygen atoms in total. The molecule has 0 amide bonds. The van der Waals surface area contributed by atoms with Crippen molar-refractivity contribution in [3.8, 4) is 22.3 Å². The topological polar surface area (TPSA) is 78.3 Å². The highest BCUT2D eigenvalue weighted by Gasteiger charge is 2.15. The highest BCUT2D eigenvalue weighted by atomic mass is 16.3. The number of nitrogens with zero attached hydrogens (tertiary/aromatic N) is 2. The van der Waals surface area contributed by atoms with Crippen LogP contribution in [0.4, 0.5) is 0 Å². The molecule has 4 heterocycles. The Morgan fingerprint density at radius 3 is 1.29 bits per heavy atom. The predicted octanol–water partition coefficient (Wildman–Crippen LogP) is 9.10. The van der Waals surface area contributed by atoms with Crippen LogP contribution in [0.25, 0.3) is 88.3 Å². The highest BCUT2D eigenvalue weighted by molar-refractivity contribution is 6.15. The zero-order chi connectivity index (χ0) is 24.8. The number of furan rings is 2. The van der Waals surface area contributed by atoms with E-state index in [2.05, 4.69) is 58.5 Å². The molecule has 0 aliphatic heterocycles. The molecule has 6 heteroatoms. The van der Waals surface area contributed by atoms with Gasteiger partial charge in [-0.15, -0.1) is 0 Å². The molecule has 0 aliphatic carbocycles. The second-order valence-electron chi connectivity index (χ2n) is 9.54. The SMILES string of the molecule is c1nc2cc(-c3ccc4c(c3)oc3cc5c(cc34)oc3cc(-c4ccc6ocnc6c4)ccc35)ccc2o1. The highest BCUT2D eigenvalue weighted by Crippen LogP contribution is 2.39. The Morgan fingerprint density at radius 1 is 0.368 bits per heavy atom. The van der Waals surface area contributed by atoms with Gasteiger partial charge in [-0.25, -0.2) is 9.97 Å². The van der Waals surface area contributed by atoms with Crippen LogP contribution in [-0.2, 0) is 0 Å². The van der Waals surface area contributed by atoms with E-state index in [0.717, 1.165) is 88.3 Å². The minimum Gasteiger partial charge on any atom is -0.456 e. The van der Waals surface area contributed by atoms with Crippen molar-refractivity contribution in [3.63, 3.8) is 0 Å². The number of oxazole rings is 2. The van der Waals surface area contributed by atoms with Crippen LogP contribution in [0.1, 0.15) is 0 Å². The fourth-order valence-electron chi connectivity index (χ4n) is 5.48. The molecule has 0 bridgehead atoms. The molecule has 0 radical (unpaired) electrons. The van der Waals surface area contributed by atoms with Crippen LogP contribution >= 0.6 is 0 Å². The molecule has 0 unspecified atom stereocenters. The number of benzene rings is 5. The molecule has 0 fully saturated rings. The van der Waals surface area contributed by atoms with Crippen molar-refractivity contribution in [3.05, 3.63) is 97.7 Å². The van der Waals surface area contributed by atoms with Crippen molar-refractivity contribution in [2.24, 2.45) is 0 Å². The lowest BCUT2D eigenvalue weighted by molar-refractivity contribution is 0.602. The summed E-state index contributed by atoms with van der Waals surface area (Å²) >= 11 is 0. The van der Waals surface area contributed by atoms with Gasteiger partial charge < -0.3 is 17.7 Å². The Hall–Kier alpha value is -5.36. The van der Waals surface area contributed by atoms with Crippen molar-refractivity contribution in [1.82, 2.24) is 9.97 Å². The first kappa shape index (κ1) is 19.8. The average Bonchev–Trinajstić information content (AvgIpc) is 3.74. The summed E-state index contributed by atoms with van der Waals surface area (Å²) < 4.78 is 23.4. The molecule has 38 heavy (non-hydrogen) atoms. The molecule has 0 atom stereocenters. The van der Waals surface area contributed by atoms with Crippen LogP contribution in [0.2, 0.25) is 0 Å². The Balaban J connectivity index is 1.17. The third-order valence-corrected chi connectivity index (χ3v) is 7.39. The predicted molar refractivity (Wildman–Crippen MR) is 147 cm³/mol. The summed E-state index contributed by atoms with van der Waals surface area (Å²) in [5.74, 6) is 0. The molecule has 9 rings (SSSR count). The molecule has 178 valence electrons. The van der Waals surface area contributed by atoms with Gasteiger partial charge in [0.2, 0.25) is 0 Å². The first-order valence-corrected chi connectivity index (χ1v) is 12.3. The zero-order valence-electron chi connectivity index (χ0n) is 19.8. The Labute approximate surface area is 213 Å². The van der Waals surface area contributed by atoms with E-state index in [1.54, 1.807) is 0 Å². The van der Waals surface area contributed by atoms with Gasteiger partial charge in [0.15, 0.2) is 24.0 Å². The van der Waals surface area contributed by atoms with E-state index in [9.17, 15) is 0 Å². The summed E-state index contributed by atoms with van der Waals surface area (Å²) in [7, 11) is 0. The lowest BCUT2D eigenvalue weighted by atomic mass is 10.0. The normalized spacial score (nSPS) is 12.2. The van der Waals surface area contributed by atoms with E-state index in [4.69, 9.17) is 17.7 Å². The molecule has 0 spiro atoms. The molecule has 0 aliphatic rings. The van der Waals surface area contributed by atoms with E-state index in [0.29, 0.717) is 0 Å². The standard InChI is InChI=1S/C32H16N2O4/c1-5-21-23-13-32-24(14-31(23)37-29(21)11-19(1)17-3-7-27-25(9-17)33-15-35-27)22-6-2-20(12-30(22)38-32)18-4-8-28-26(10-18)34-16-36-28/h1-16H. The number of fused-ring (bicyclic) bond motifs is 8. The lowest BCUT2D eigenvalue weighted by Crippen LogP contribution is -1.78. The van der Waals surface area contributed by atoms with Gasteiger partial charge in [-0.05, 0) is 82.9 Å². The lowest BCUT2D eigenvalue weighted by Gasteiger charge is -2.01. The molecule has 0 saturated carbocycles. The molecule has 0 N–H and O–H groups in total. The molecule has 5 aromatic carbocycles. The summed E-state index contributed by atoms with van der Waals surface area (Å²) in [6.45, 7) is 0. The molecule has 9 aromatic rings. The second kappa shape index (κ2) is 7.11. The van der Waals surface area contributed by atoms with Crippen molar-refractivity contribution >= 4 is 66.1 Å². The number of hydrogen-bond donors (Lipinski definition) is 0. The van der Waals surface area contributed by atoms with Crippen molar-refractivity contribution in [2.45, 2.75) is 0 Å². The number of rotatable bonds is 2. The molecular formula is C32H16N2O4. The van der Waals surface area contributed by atoms with Crippen molar-refractivity contribution in [2.75, 3.05) is 0 Å².